The molecule has 0 aromatic heterocycles. The first-order valence-corrected chi connectivity index (χ1v) is 11.3. The van der Waals surface area contributed by atoms with E-state index in [1.807, 2.05) is 66.7 Å². The zero-order valence-corrected chi connectivity index (χ0v) is 18.9. The van der Waals surface area contributed by atoms with Crippen LogP contribution in [-0.2, 0) is 16.1 Å². The monoisotopic (exact) mass is 463 g/mol. The number of primary amides is 1. The lowest BCUT2D eigenvalue weighted by atomic mass is 10.1. The second-order valence-electron chi connectivity index (χ2n) is 8.08. The Bertz CT molecular complexity index is 1140. The van der Waals surface area contributed by atoms with Gasteiger partial charge in [-0.2, -0.15) is 0 Å². The normalized spacial score (nSPS) is 15.8. The van der Waals surface area contributed by atoms with Gasteiger partial charge in [-0.15, -0.1) is 0 Å². The van der Waals surface area contributed by atoms with Crippen LogP contribution in [0.2, 0.25) is 5.02 Å². The molecular formula is C26H26ClN3O3. The third-order valence-corrected chi connectivity index (χ3v) is 5.98. The van der Waals surface area contributed by atoms with Gasteiger partial charge in [-0.1, -0.05) is 60.1 Å². The number of carbonyl (C=O) groups is 2. The third kappa shape index (κ3) is 5.92. The Morgan fingerprint density at radius 1 is 1.03 bits per heavy atom. The molecule has 1 aliphatic heterocycles. The SMILES string of the molecule is NC(=O)C1CCCN1Cc1cccc(NC(=O)COc2ccc(-c3ccccc3)cc2Cl)c1. The van der Waals surface area contributed by atoms with Crippen LogP contribution in [0.25, 0.3) is 11.1 Å². The minimum absolute atomic E-state index is 0.162. The molecule has 0 aliphatic carbocycles. The first kappa shape index (κ1) is 22.8. The van der Waals surface area contributed by atoms with Crippen molar-refractivity contribution in [3.8, 4) is 16.9 Å². The van der Waals surface area contributed by atoms with Crippen molar-refractivity contribution in [3.05, 3.63) is 83.4 Å². The van der Waals surface area contributed by atoms with Crippen LogP contribution in [0.15, 0.2) is 72.8 Å². The number of nitrogens with two attached hydrogens (primary N) is 1. The summed E-state index contributed by atoms with van der Waals surface area (Å²) in [5, 5.41) is 3.30. The zero-order chi connectivity index (χ0) is 23.2. The minimum Gasteiger partial charge on any atom is -0.482 e. The lowest BCUT2D eigenvalue weighted by Crippen LogP contribution is -2.39. The number of hydrogen-bond donors (Lipinski definition) is 2. The molecular weight excluding hydrogens is 438 g/mol. The van der Waals surface area contributed by atoms with Gasteiger partial charge >= 0.3 is 0 Å². The maximum absolute atomic E-state index is 12.4. The third-order valence-electron chi connectivity index (χ3n) is 5.69. The Morgan fingerprint density at radius 2 is 1.85 bits per heavy atom. The van der Waals surface area contributed by atoms with Gasteiger partial charge in [-0.25, -0.2) is 0 Å². The highest BCUT2D eigenvalue weighted by atomic mass is 35.5. The summed E-state index contributed by atoms with van der Waals surface area (Å²) >= 11 is 6.36. The maximum Gasteiger partial charge on any atom is 0.262 e. The van der Waals surface area contributed by atoms with Crippen molar-refractivity contribution in [2.24, 2.45) is 5.73 Å². The lowest BCUT2D eigenvalue weighted by Gasteiger charge is -2.22. The molecule has 1 unspecified atom stereocenters. The van der Waals surface area contributed by atoms with E-state index in [9.17, 15) is 9.59 Å². The number of benzene rings is 3. The number of nitrogens with one attached hydrogen (secondary N) is 1. The molecule has 0 saturated carbocycles. The molecule has 3 N–H and O–H groups in total. The number of likely N-dealkylation sites (tertiary alicyclic amines) is 1. The Balaban J connectivity index is 1.33. The molecule has 1 atom stereocenters. The van der Waals surface area contributed by atoms with E-state index in [1.165, 1.54) is 0 Å². The predicted octanol–water partition coefficient (Wildman–Crippen LogP) is 4.47. The summed E-state index contributed by atoms with van der Waals surface area (Å²) < 4.78 is 5.64. The summed E-state index contributed by atoms with van der Waals surface area (Å²) in [5.41, 5.74) is 9.21. The van der Waals surface area contributed by atoms with Gasteiger partial charge in [0.1, 0.15) is 5.75 Å². The molecule has 170 valence electrons. The summed E-state index contributed by atoms with van der Waals surface area (Å²) in [6.07, 6.45) is 1.74. The summed E-state index contributed by atoms with van der Waals surface area (Å²) in [6, 6.07) is 22.7. The zero-order valence-electron chi connectivity index (χ0n) is 18.2. The molecule has 0 spiro atoms. The van der Waals surface area contributed by atoms with Crippen molar-refractivity contribution in [1.82, 2.24) is 4.90 Å². The van der Waals surface area contributed by atoms with Crippen molar-refractivity contribution in [2.45, 2.75) is 25.4 Å². The second kappa shape index (κ2) is 10.5. The molecule has 6 nitrogen and oxygen atoms in total. The number of anilines is 1. The molecule has 1 saturated heterocycles. The number of carbonyl (C=O) groups excluding carboxylic acids is 2. The number of nitrogens with zero attached hydrogens (tertiary/aromatic N) is 1. The van der Waals surface area contributed by atoms with E-state index < -0.39 is 0 Å². The number of ether oxygens (including phenoxy) is 1. The van der Waals surface area contributed by atoms with Gasteiger partial charge in [0, 0.05) is 12.2 Å². The van der Waals surface area contributed by atoms with Crippen LogP contribution in [-0.4, -0.2) is 35.9 Å². The Labute approximate surface area is 198 Å². The average Bonchev–Trinajstić information content (AvgIpc) is 3.27. The van der Waals surface area contributed by atoms with Crippen LogP contribution in [0, 0.1) is 0 Å². The van der Waals surface area contributed by atoms with E-state index >= 15 is 0 Å². The van der Waals surface area contributed by atoms with Crippen LogP contribution in [0.3, 0.4) is 0 Å². The van der Waals surface area contributed by atoms with Crippen LogP contribution < -0.4 is 15.8 Å². The largest absolute Gasteiger partial charge is 0.482 e. The highest BCUT2D eigenvalue weighted by Gasteiger charge is 2.28. The molecule has 3 aromatic rings. The molecule has 4 rings (SSSR count). The van der Waals surface area contributed by atoms with Gasteiger partial charge in [-0.3, -0.25) is 14.5 Å². The van der Waals surface area contributed by atoms with E-state index in [0.29, 0.717) is 23.0 Å². The molecule has 7 heteroatoms. The van der Waals surface area contributed by atoms with E-state index in [1.54, 1.807) is 6.07 Å². The molecule has 3 aromatic carbocycles. The quantitative estimate of drug-likeness (QED) is 0.516. The summed E-state index contributed by atoms with van der Waals surface area (Å²) in [7, 11) is 0. The first-order chi connectivity index (χ1) is 16.0. The van der Waals surface area contributed by atoms with Gasteiger partial charge in [0.05, 0.1) is 11.1 Å². The standard InChI is InChI=1S/C26H26ClN3O3/c27-22-15-20(19-7-2-1-3-8-19)11-12-24(22)33-17-25(31)29-21-9-4-6-18(14-21)16-30-13-5-10-23(30)26(28)32/h1-4,6-9,11-12,14-15,23H,5,10,13,16-17H2,(H2,28,32)(H,29,31). The molecule has 1 heterocycles. The highest BCUT2D eigenvalue weighted by Crippen LogP contribution is 2.30. The molecule has 33 heavy (non-hydrogen) atoms. The molecule has 0 bridgehead atoms. The molecule has 1 aliphatic rings. The minimum atomic E-state index is -0.287. The molecule has 0 radical (unpaired) electrons. The van der Waals surface area contributed by atoms with E-state index in [0.717, 1.165) is 36.1 Å². The Morgan fingerprint density at radius 3 is 2.61 bits per heavy atom. The topological polar surface area (TPSA) is 84.7 Å². The smallest absolute Gasteiger partial charge is 0.262 e. The van der Waals surface area contributed by atoms with E-state index in [2.05, 4.69) is 10.2 Å². The van der Waals surface area contributed by atoms with Gasteiger partial charge in [0.15, 0.2) is 6.61 Å². The Kier molecular flexibility index (Phi) is 7.27. The van der Waals surface area contributed by atoms with Crippen LogP contribution in [0.1, 0.15) is 18.4 Å². The fraction of sp³-hybridized carbons (Fsp3) is 0.231. The number of rotatable bonds is 8. The maximum atomic E-state index is 12.4. The molecule has 1 fully saturated rings. The van der Waals surface area contributed by atoms with Crippen molar-refractivity contribution in [2.75, 3.05) is 18.5 Å². The Hall–Kier alpha value is -3.35. The summed E-state index contributed by atoms with van der Waals surface area (Å²) in [6.45, 7) is 1.28. The van der Waals surface area contributed by atoms with Crippen molar-refractivity contribution >= 4 is 29.1 Å². The molecule has 2 amide bonds. The fourth-order valence-corrected chi connectivity index (χ4v) is 4.32. The first-order valence-electron chi connectivity index (χ1n) is 10.9. The van der Waals surface area contributed by atoms with Gasteiger partial charge < -0.3 is 15.8 Å². The van der Waals surface area contributed by atoms with Gasteiger partial charge in [-0.05, 0) is 60.3 Å². The highest BCUT2D eigenvalue weighted by molar-refractivity contribution is 6.32. The van der Waals surface area contributed by atoms with Crippen molar-refractivity contribution in [3.63, 3.8) is 0 Å². The van der Waals surface area contributed by atoms with E-state index in [4.69, 9.17) is 22.1 Å². The van der Waals surface area contributed by atoms with Crippen molar-refractivity contribution < 1.29 is 14.3 Å². The predicted molar refractivity (Wildman–Crippen MR) is 130 cm³/mol. The van der Waals surface area contributed by atoms with Crippen molar-refractivity contribution in [1.29, 1.82) is 0 Å². The second-order valence-corrected chi connectivity index (χ2v) is 8.49. The van der Waals surface area contributed by atoms with Gasteiger partial charge in [0.2, 0.25) is 5.91 Å². The van der Waals surface area contributed by atoms with Gasteiger partial charge in [0.25, 0.3) is 5.91 Å². The summed E-state index contributed by atoms with van der Waals surface area (Å²) in [5.74, 6) is -0.122. The lowest BCUT2D eigenvalue weighted by molar-refractivity contribution is -0.122. The van der Waals surface area contributed by atoms with Crippen LogP contribution in [0.4, 0.5) is 5.69 Å². The number of amides is 2. The fourth-order valence-electron chi connectivity index (χ4n) is 4.09. The van der Waals surface area contributed by atoms with Crippen LogP contribution in [0.5, 0.6) is 5.75 Å². The van der Waals surface area contributed by atoms with Crippen LogP contribution >= 0.6 is 11.6 Å². The summed E-state index contributed by atoms with van der Waals surface area (Å²) in [4.78, 5) is 26.1. The average molecular weight is 464 g/mol. The number of hydrogen-bond acceptors (Lipinski definition) is 4. The number of halogens is 1. The van der Waals surface area contributed by atoms with E-state index in [-0.39, 0.29) is 24.5 Å².